The van der Waals surface area contributed by atoms with Crippen LogP contribution in [0.3, 0.4) is 0 Å². The van der Waals surface area contributed by atoms with Crippen LogP contribution in [0.2, 0.25) is 5.02 Å². The van der Waals surface area contributed by atoms with Crippen LogP contribution >= 0.6 is 11.6 Å². The minimum Gasteiger partial charge on any atom is -0.351 e. The molecule has 7 nitrogen and oxygen atoms in total. The minimum absolute atomic E-state index is 0.0237. The second-order valence-corrected chi connectivity index (χ2v) is 11.3. The van der Waals surface area contributed by atoms with Gasteiger partial charge in [-0.15, -0.1) is 0 Å². The third kappa shape index (κ3) is 5.23. The Morgan fingerprint density at radius 2 is 1.77 bits per heavy atom. The maximum atomic E-state index is 13.6. The number of piperazine rings is 1. The van der Waals surface area contributed by atoms with E-state index < -0.39 is 21.5 Å². The van der Waals surface area contributed by atoms with Crippen molar-refractivity contribution < 1.29 is 18.0 Å². The molecule has 0 unspecified atom stereocenters. The number of halogens is 1. The van der Waals surface area contributed by atoms with Crippen molar-refractivity contribution in [1.29, 1.82) is 0 Å². The van der Waals surface area contributed by atoms with E-state index >= 15 is 0 Å². The quantitative estimate of drug-likeness (QED) is 0.733. The predicted molar refractivity (Wildman–Crippen MR) is 123 cm³/mol. The monoisotopic (exact) mass is 469 g/mol. The number of nitrogens with zero attached hydrogens (tertiary/aromatic N) is 2. The van der Waals surface area contributed by atoms with Crippen molar-refractivity contribution >= 4 is 39.1 Å². The molecule has 0 aromatic heterocycles. The number of carbonyl (C=O) groups is 2. The summed E-state index contributed by atoms with van der Waals surface area (Å²) >= 11 is 6.30. The van der Waals surface area contributed by atoms with Gasteiger partial charge >= 0.3 is 0 Å². The second kappa shape index (κ2) is 9.46. The molecule has 1 saturated heterocycles. The first-order valence-corrected chi connectivity index (χ1v) is 13.1. The van der Waals surface area contributed by atoms with Crippen LogP contribution in [0, 0.1) is 6.92 Å². The average Bonchev–Trinajstić information content (AvgIpc) is 2.65. The number of sulfonamides is 1. The summed E-state index contributed by atoms with van der Waals surface area (Å²) in [5.74, 6) is -0.781. The molecule has 0 bridgehead atoms. The van der Waals surface area contributed by atoms with Gasteiger partial charge in [0.2, 0.25) is 21.8 Å². The average molecular weight is 470 g/mol. The zero-order valence-electron chi connectivity index (χ0n) is 18.5. The lowest BCUT2D eigenvalue weighted by molar-refractivity contribution is -0.133. The topological polar surface area (TPSA) is 86.8 Å². The Labute approximate surface area is 190 Å². The van der Waals surface area contributed by atoms with E-state index in [9.17, 15) is 18.0 Å². The largest absolute Gasteiger partial charge is 0.351 e. The van der Waals surface area contributed by atoms with Crippen LogP contribution < -0.4 is 10.2 Å². The van der Waals surface area contributed by atoms with Crippen molar-refractivity contribution in [1.82, 2.24) is 9.62 Å². The molecule has 2 fully saturated rings. The van der Waals surface area contributed by atoms with Crippen LogP contribution in [0.25, 0.3) is 0 Å². The lowest BCUT2D eigenvalue weighted by Gasteiger charge is -2.47. The summed E-state index contributed by atoms with van der Waals surface area (Å²) in [5, 5.41) is 3.62. The van der Waals surface area contributed by atoms with Gasteiger partial charge in [-0.2, -0.15) is 4.31 Å². The molecule has 1 aromatic rings. The van der Waals surface area contributed by atoms with Crippen molar-refractivity contribution in [2.24, 2.45) is 0 Å². The SMILES string of the molecule is Cc1c(Cl)cccc1N1C(=O)CN(S(C)(=O)=O)C[C@]1(C)C(=O)NC1CCCCCCC1. The fourth-order valence-electron chi connectivity index (χ4n) is 4.55. The molecule has 31 heavy (non-hydrogen) atoms. The Morgan fingerprint density at radius 1 is 1.16 bits per heavy atom. The third-order valence-electron chi connectivity index (χ3n) is 6.42. The van der Waals surface area contributed by atoms with Gasteiger partial charge in [-0.05, 0) is 44.4 Å². The molecule has 1 aliphatic carbocycles. The number of benzene rings is 1. The van der Waals surface area contributed by atoms with Crippen LogP contribution in [0.15, 0.2) is 18.2 Å². The number of hydrogen-bond donors (Lipinski definition) is 1. The molecule has 1 saturated carbocycles. The van der Waals surface area contributed by atoms with Crippen molar-refractivity contribution in [2.75, 3.05) is 24.2 Å². The van der Waals surface area contributed by atoms with Crippen molar-refractivity contribution in [3.63, 3.8) is 0 Å². The number of rotatable bonds is 4. The standard InChI is InChI=1S/C22H32ClN3O4S/c1-16-18(23)12-9-13-19(16)26-20(27)14-25(31(3,29)30)15-22(26,2)21(28)24-17-10-7-5-4-6-8-11-17/h9,12-13,17H,4-8,10-11,14-15H2,1-3H3,(H,24,28)/t22-/m1/s1. The van der Waals surface area contributed by atoms with Crippen LogP contribution in [-0.2, 0) is 19.6 Å². The third-order valence-corrected chi connectivity index (χ3v) is 8.02. The van der Waals surface area contributed by atoms with E-state index in [1.807, 2.05) is 0 Å². The summed E-state index contributed by atoms with van der Waals surface area (Å²) in [6.07, 6.45) is 8.46. The van der Waals surface area contributed by atoms with Gasteiger partial charge < -0.3 is 5.32 Å². The first kappa shape index (κ1) is 24.0. The highest BCUT2D eigenvalue weighted by Crippen LogP contribution is 2.35. The van der Waals surface area contributed by atoms with E-state index in [4.69, 9.17) is 11.6 Å². The van der Waals surface area contributed by atoms with Crippen LogP contribution in [0.1, 0.15) is 57.4 Å². The van der Waals surface area contributed by atoms with E-state index in [1.54, 1.807) is 32.0 Å². The minimum atomic E-state index is -3.65. The molecule has 3 rings (SSSR count). The van der Waals surface area contributed by atoms with E-state index in [1.165, 1.54) is 11.3 Å². The summed E-state index contributed by atoms with van der Waals surface area (Å²) in [7, 11) is -3.65. The Hall–Kier alpha value is -1.64. The normalized spacial score (nSPS) is 24.5. The summed E-state index contributed by atoms with van der Waals surface area (Å²) in [4.78, 5) is 28.3. The molecule has 2 amide bonds. The van der Waals surface area contributed by atoms with E-state index in [0.717, 1.165) is 49.1 Å². The molecule has 1 aliphatic heterocycles. The highest BCUT2D eigenvalue weighted by molar-refractivity contribution is 7.88. The van der Waals surface area contributed by atoms with Crippen molar-refractivity contribution in [3.05, 3.63) is 28.8 Å². The molecule has 9 heteroatoms. The summed E-state index contributed by atoms with van der Waals surface area (Å²) in [6.45, 7) is 3.01. The van der Waals surface area contributed by atoms with Crippen LogP contribution in [-0.4, -0.2) is 55.5 Å². The maximum Gasteiger partial charge on any atom is 0.247 e. The maximum absolute atomic E-state index is 13.6. The summed E-state index contributed by atoms with van der Waals surface area (Å²) in [5.41, 5.74) is -0.188. The van der Waals surface area contributed by atoms with Gasteiger partial charge in [-0.1, -0.05) is 49.8 Å². The Morgan fingerprint density at radius 3 is 2.39 bits per heavy atom. The molecule has 1 heterocycles. The van der Waals surface area contributed by atoms with E-state index in [2.05, 4.69) is 5.32 Å². The zero-order chi connectivity index (χ0) is 22.8. The molecular weight excluding hydrogens is 438 g/mol. The molecular formula is C22H32ClN3O4S. The summed E-state index contributed by atoms with van der Waals surface area (Å²) in [6, 6.07) is 5.23. The molecule has 1 atom stereocenters. The highest BCUT2D eigenvalue weighted by Gasteiger charge is 2.51. The Bertz CT molecular complexity index is 944. The van der Waals surface area contributed by atoms with Gasteiger partial charge in [0, 0.05) is 23.3 Å². The zero-order valence-corrected chi connectivity index (χ0v) is 20.1. The molecule has 1 N–H and O–H groups in total. The van der Waals surface area contributed by atoms with Gasteiger partial charge in [-0.3, -0.25) is 14.5 Å². The Balaban J connectivity index is 1.98. The number of anilines is 1. The number of carbonyl (C=O) groups excluding carboxylic acids is 2. The number of nitrogens with one attached hydrogen (secondary N) is 1. The lowest BCUT2D eigenvalue weighted by Crippen LogP contribution is -2.70. The molecule has 0 spiro atoms. The number of hydrogen-bond acceptors (Lipinski definition) is 4. The fourth-order valence-corrected chi connectivity index (χ4v) is 5.55. The van der Waals surface area contributed by atoms with Crippen LogP contribution in [0.5, 0.6) is 0 Å². The fraction of sp³-hybridized carbons (Fsp3) is 0.636. The van der Waals surface area contributed by atoms with Gasteiger partial charge in [0.05, 0.1) is 12.8 Å². The first-order valence-electron chi connectivity index (χ1n) is 10.9. The lowest BCUT2D eigenvalue weighted by atomic mass is 9.91. The van der Waals surface area contributed by atoms with Crippen LogP contribution in [0.4, 0.5) is 5.69 Å². The summed E-state index contributed by atoms with van der Waals surface area (Å²) < 4.78 is 25.7. The molecule has 0 radical (unpaired) electrons. The first-order chi connectivity index (χ1) is 14.5. The molecule has 2 aliphatic rings. The molecule has 1 aromatic carbocycles. The second-order valence-electron chi connectivity index (χ2n) is 8.93. The highest BCUT2D eigenvalue weighted by atomic mass is 35.5. The smallest absolute Gasteiger partial charge is 0.247 e. The molecule has 172 valence electrons. The van der Waals surface area contributed by atoms with E-state index in [0.29, 0.717) is 16.3 Å². The predicted octanol–water partition coefficient (Wildman–Crippen LogP) is 3.24. The van der Waals surface area contributed by atoms with Crippen molar-refractivity contribution in [3.8, 4) is 0 Å². The van der Waals surface area contributed by atoms with Crippen molar-refractivity contribution in [2.45, 2.75) is 70.4 Å². The van der Waals surface area contributed by atoms with Gasteiger partial charge in [0.1, 0.15) is 5.54 Å². The van der Waals surface area contributed by atoms with Gasteiger partial charge in [-0.25, -0.2) is 8.42 Å². The Kier molecular flexibility index (Phi) is 7.33. The van der Waals surface area contributed by atoms with E-state index in [-0.39, 0.29) is 25.0 Å². The van der Waals surface area contributed by atoms with Gasteiger partial charge in [0.25, 0.3) is 0 Å². The van der Waals surface area contributed by atoms with Gasteiger partial charge in [0.15, 0.2) is 0 Å². The number of amides is 2.